The second-order valence-corrected chi connectivity index (χ2v) is 7.01. The van der Waals surface area contributed by atoms with Crippen LogP contribution in [0.4, 0.5) is 0 Å². The van der Waals surface area contributed by atoms with Gasteiger partial charge in [0.05, 0.1) is 0 Å². The molecule has 0 aliphatic heterocycles. The molecular weight excluding hydrogens is 234 g/mol. The lowest BCUT2D eigenvalue weighted by atomic mass is 9.71. The van der Waals surface area contributed by atoms with Gasteiger partial charge in [0.25, 0.3) is 0 Å². The molecular formula is C16H29N3. The van der Waals surface area contributed by atoms with Crippen LogP contribution in [0.5, 0.6) is 0 Å². The maximum absolute atomic E-state index is 4.25. The van der Waals surface area contributed by atoms with Crippen molar-refractivity contribution in [3.63, 3.8) is 0 Å². The highest BCUT2D eigenvalue weighted by atomic mass is 14.9. The third-order valence-electron chi connectivity index (χ3n) is 4.53. The molecule has 0 radical (unpaired) electrons. The predicted molar refractivity (Wildman–Crippen MR) is 80.1 cm³/mol. The van der Waals surface area contributed by atoms with E-state index in [1.54, 1.807) is 0 Å². The average molecular weight is 263 g/mol. The number of imidazole rings is 1. The van der Waals surface area contributed by atoms with Crippen molar-refractivity contribution in [2.24, 2.45) is 11.3 Å². The fourth-order valence-electron chi connectivity index (χ4n) is 3.16. The lowest BCUT2D eigenvalue weighted by molar-refractivity contribution is 0.160. The number of nitrogens with one attached hydrogen (secondary N) is 2. The average Bonchev–Trinajstić information content (AvgIpc) is 2.87. The summed E-state index contributed by atoms with van der Waals surface area (Å²) in [5.74, 6) is 2.02. The SMILES string of the molecule is CC(C)(C)C1CCC(NCCCc2ncc[nH]2)CC1. The maximum atomic E-state index is 4.25. The third-order valence-corrected chi connectivity index (χ3v) is 4.53. The van der Waals surface area contributed by atoms with Crippen molar-refractivity contribution < 1.29 is 0 Å². The second-order valence-electron chi connectivity index (χ2n) is 7.01. The zero-order valence-corrected chi connectivity index (χ0v) is 12.7. The molecule has 1 aromatic rings. The summed E-state index contributed by atoms with van der Waals surface area (Å²) in [5.41, 5.74) is 0.490. The first-order chi connectivity index (χ1) is 9.05. The molecule has 0 saturated heterocycles. The minimum Gasteiger partial charge on any atom is -0.349 e. The van der Waals surface area contributed by atoms with Gasteiger partial charge >= 0.3 is 0 Å². The van der Waals surface area contributed by atoms with E-state index in [1.165, 1.54) is 32.1 Å². The van der Waals surface area contributed by atoms with Gasteiger partial charge in [-0.15, -0.1) is 0 Å². The molecule has 0 bridgehead atoms. The van der Waals surface area contributed by atoms with Crippen LogP contribution < -0.4 is 5.32 Å². The molecule has 1 aliphatic carbocycles. The van der Waals surface area contributed by atoms with Gasteiger partial charge in [0.15, 0.2) is 0 Å². The number of aromatic amines is 1. The number of aryl methyl sites for hydroxylation is 1. The quantitative estimate of drug-likeness (QED) is 0.798. The minimum atomic E-state index is 0.490. The molecule has 0 aromatic carbocycles. The van der Waals surface area contributed by atoms with Crippen molar-refractivity contribution in [3.8, 4) is 0 Å². The van der Waals surface area contributed by atoms with Crippen molar-refractivity contribution in [1.29, 1.82) is 0 Å². The van der Waals surface area contributed by atoms with E-state index in [0.29, 0.717) is 5.41 Å². The van der Waals surface area contributed by atoms with Crippen LogP contribution >= 0.6 is 0 Å². The summed E-state index contributed by atoms with van der Waals surface area (Å²) in [6.45, 7) is 8.27. The van der Waals surface area contributed by atoms with Crippen LogP contribution in [0.2, 0.25) is 0 Å². The summed E-state index contributed by atoms with van der Waals surface area (Å²) < 4.78 is 0. The smallest absolute Gasteiger partial charge is 0.106 e. The minimum absolute atomic E-state index is 0.490. The zero-order valence-electron chi connectivity index (χ0n) is 12.7. The number of hydrogen-bond acceptors (Lipinski definition) is 2. The number of aromatic nitrogens is 2. The highest BCUT2D eigenvalue weighted by Crippen LogP contribution is 2.37. The summed E-state index contributed by atoms with van der Waals surface area (Å²) in [6, 6.07) is 0.746. The lowest BCUT2D eigenvalue weighted by Gasteiger charge is -2.37. The summed E-state index contributed by atoms with van der Waals surface area (Å²) in [5, 5.41) is 3.71. The van der Waals surface area contributed by atoms with Crippen molar-refractivity contribution in [2.75, 3.05) is 6.54 Å². The molecule has 1 heterocycles. The highest BCUT2D eigenvalue weighted by Gasteiger charge is 2.29. The molecule has 2 N–H and O–H groups in total. The molecule has 0 spiro atoms. The normalized spacial score (nSPS) is 24.6. The van der Waals surface area contributed by atoms with Gasteiger partial charge in [-0.05, 0) is 50.0 Å². The van der Waals surface area contributed by atoms with Crippen LogP contribution in [-0.4, -0.2) is 22.6 Å². The van der Waals surface area contributed by atoms with E-state index in [9.17, 15) is 0 Å². The predicted octanol–water partition coefficient (Wildman–Crippen LogP) is 3.54. The number of rotatable bonds is 5. The third kappa shape index (κ3) is 4.64. The Balaban J connectivity index is 1.58. The van der Waals surface area contributed by atoms with Crippen LogP contribution in [0.3, 0.4) is 0 Å². The standard InChI is InChI=1S/C16H29N3/c1-16(2,3)13-6-8-14(9-7-13)17-10-4-5-15-18-11-12-19-15/h11-14,17H,4-10H2,1-3H3,(H,18,19). The van der Waals surface area contributed by atoms with Gasteiger partial charge in [-0.2, -0.15) is 0 Å². The Morgan fingerprint density at radius 2 is 2.00 bits per heavy atom. The Bertz CT molecular complexity index is 343. The van der Waals surface area contributed by atoms with Gasteiger partial charge in [-0.1, -0.05) is 20.8 Å². The van der Waals surface area contributed by atoms with Crippen LogP contribution in [0.15, 0.2) is 12.4 Å². The van der Waals surface area contributed by atoms with Crippen LogP contribution in [0.25, 0.3) is 0 Å². The Hall–Kier alpha value is -0.830. The summed E-state index contributed by atoms with van der Waals surface area (Å²) in [7, 11) is 0. The molecule has 2 rings (SSSR count). The van der Waals surface area contributed by atoms with Gasteiger partial charge in [-0.25, -0.2) is 4.98 Å². The van der Waals surface area contributed by atoms with E-state index in [1.807, 2.05) is 12.4 Å². The van der Waals surface area contributed by atoms with Crippen molar-refractivity contribution >= 4 is 0 Å². The molecule has 0 unspecified atom stereocenters. The van der Waals surface area contributed by atoms with Crippen LogP contribution in [0.1, 0.15) is 58.7 Å². The van der Waals surface area contributed by atoms with E-state index in [4.69, 9.17) is 0 Å². The van der Waals surface area contributed by atoms with E-state index in [-0.39, 0.29) is 0 Å². The van der Waals surface area contributed by atoms with Crippen molar-refractivity contribution in [3.05, 3.63) is 18.2 Å². The first-order valence-corrected chi connectivity index (χ1v) is 7.77. The van der Waals surface area contributed by atoms with E-state index < -0.39 is 0 Å². The fraction of sp³-hybridized carbons (Fsp3) is 0.812. The number of hydrogen-bond donors (Lipinski definition) is 2. The van der Waals surface area contributed by atoms with Crippen molar-refractivity contribution in [2.45, 2.75) is 65.3 Å². The molecule has 3 heteroatoms. The molecule has 1 aromatic heterocycles. The first-order valence-electron chi connectivity index (χ1n) is 7.77. The number of nitrogens with zero attached hydrogens (tertiary/aromatic N) is 1. The van der Waals surface area contributed by atoms with Gasteiger partial charge in [-0.3, -0.25) is 0 Å². The lowest BCUT2D eigenvalue weighted by Crippen LogP contribution is -2.36. The molecule has 0 atom stereocenters. The zero-order chi connectivity index (χ0) is 13.7. The summed E-state index contributed by atoms with van der Waals surface area (Å²) in [6.07, 6.45) is 11.4. The van der Waals surface area contributed by atoms with Gasteiger partial charge in [0.1, 0.15) is 5.82 Å². The van der Waals surface area contributed by atoms with E-state index >= 15 is 0 Å². The Kier molecular flexibility index (Phi) is 5.03. The molecule has 1 fully saturated rings. The Morgan fingerprint density at radius 3 is 2.58 bits per heavy atom. The van der Waals surface area contributed by atoms with E-state index in [0.717, 1.165) is 30.7 Å². The van der Waals surface area contributed by atoms with Crippen LogP contribution in [0, 0.1) is 11.3 Å². The molecule has 0 amide bonds. The number of H-pyrrole nitrogens is 1. The summed E-state index contributed by atoms with van der Waals surface area (Å²) in [4.78, 5) is 7.41. The van der Waals surface area contributed by atoms with Crippen molar-refractivity contribution in [1.82, 2.24) is 15.3 Å². The fourth-order valence-corrected chi connectivity index (χ4v) is 3.16. The van der Waals surface area contributed by atoms with E-state index in [2.05, 4.69) is 36.1 Å². The highest BCUT2D eigenvalue weighted by molar-refractivity contribution is 4.87. The van der Waals surface area contributed by atoms with Gasteiger partial charge in [0, 0.05) is 24.9 Å². The maximum Gasteiger partial charge on any atom is 0.106 e. The molecule has 1 aliphatic rings. The molecule has 108 valence electrons. The van der Waals surface area contributed by atoms with Gasteiger partial charge < -0.3 is 10.3 Å². The second kappa shape index (κ2) is 6.56. The molecule has 3 nitrogen and oxygen atoms in total. The van der Waals surface area contributed by atoms with Gasteiger partial charge in [0.2, 0.25) is 0 Å². The largest absolute Gasteiger partial charge is 0.349 e. The molecule has 19 heavy (non-hydrogen) atoms. The monoisotopic (exact) mass is 263 g/mol. The Labute approximate surface area is 117 Å². The summed E-state index contributed by atoms with van der Waals surface area (Å²) >= 11 is 0. The topological polar surface area (TPSA) is 40.7 Å². The first kappa shape index (κ1) is 14.6. The Morgan fingerprint density at radius 1 is 1.26 bits per heavy atom. The molecule has 1 saturated carbocycles. The van der Waals surface area contributed by atoms with Crippen LogP contribution in [-0.2, 0) is 6.42 Å².